The number of anilines is 2. The van der Waals surface area contributed by atoms with E-state index in [1.165, 1.54) is 55.6 Å². The number of amides is 2. The second-order valence-corrected chi connectivity index (χ2v) is 10.4. The second-order valence-electron chi connectivity index (χ2n) is 8.58. The molecule has 2 N–H and O–H groups in total. The molecule has 3 aromatic rings. The Labute approximate surface area is 220 Å². The largest absolute Gasteiger partial charge is 0.497 e. The summed E-state index contributed by atoms with van der Waals surface area (Å²) in [4.78, 5) is 25.8. The van der Waals surface area contributed by atoms with E-state index in [0.717, 1.165) is 18.9 Å². The Morgan fingerprint density at radius 1 is 1.05 bits per heavy atom. The van der Waals surface area contributed by atoms with Crippen molar-refractivity contribution in [3.63, 3.8) is 0 Å². The van der Waals surface area contributed by atoms with Crippen molar-refractivity contribution in [1.82, 2.24) is 5.32 Å². The van der Waals surface area contributed by atoms with Gasteiger partial charge in [-0.25, -0.2) is 12.8 Å². The average molecular weight is 542 g/mol. The van der Waals surface area contributed by atoms with Crippen molar-refractivity contribution in [3.05, 3.63) is 84.2 Å². The summed E-state index contributed by atoms with van der Waals surface area (Å²) in [5.74, 6) is -1.54. The molecule has 1 heterocycles. The highest BCUT2D eigenvalue weighted by molar-refractivity contribution is 7.92. The van der Waals surface area contributed by atoms with Crippen LogP contribution in [0.3, 0.4) is 0 Å². The zero-order valence-corrected chi connectivity index (χ0v) is 21.5. The molecule has 1 fully saturated rings. The van der Waals surface area contributed by atoms with Gasteiger partial charge in [0, 0.05) is 13.2 Å². The molecule has 4 rings (SSSR count). The number of sulfonamides is 1. The van der Waals surface area contributed by atoms with Crippen LogP contribution in [-0.4, -0.2) is 53.1 Å². The molecule has 200 valence electrons. The van der Waals surface area contributed by atoms with Crippen LogP contribution in [-0.2, 0) is 19.6 Å². The fraction of sp³-hybridized carbons (Fsp3) is 0.259. The lowest BCUT2D eigenvalue weighted by Gasteiger charge is -2.24. The molecule has 0 spiro atoms. The zero-order chi connectivity index (χ0) is 27.1. The van der Waals surface area contributed by atoms with Crippen LogP contribution in [0, 0.1) is 5.82 Å². The molecule has 9 nitrogen and oxygen atoms in total. The molecule has 2 amide bonds. The van der Waals surface area contributed by atoms with E-state index in [-0.39, 0.29) is 27.9 Å². The first-order chi connectivity index (χ1) is 18.3. The summed E-state index contributed by atoms with van der Waals surface area (Å²) >= 11 is 0. The predicted octanol–water partition coefficient (Wildman–Crippen LogP) is 3.58. The highest BCUT2D eigenvalue weighted by Gasteiger charge is 2.29. The van der Waals surface area contributed by atoms with E-state index >= 15 is 0 Å². The Kier molecular flexibility index (Phi) is 8.59. The van der Waals surface area contributed by atoms with Crippen LogP contribution in [0.5, 0.6) is 5.75 Å². The van der Waals surface area contributed by atoms with Crippen molar-refractivity contribution in [3.8, 4) is 5.75 Å². The van der Waals surface area contributed by atoms with Gasteiger partial charge in [-0.05, 0) is 61.4 Å². The normalized spacial score (nSPS) is 15.1. The van der Waals surface area contributed by atoms with Crippen LogP contribution in [0.1, 0.15) is 23.2 Å². The summed E-state index contributed by atoms with van der Waals surface area (Å²) in [5, 5.41) is 5.40. The first-order valence-corrected chi connectivity index (χ1v) is 13.4. The molecule has 0 radical (unpaired) electrons. The standard InChI is InChI=1S/C27H28FN3O6S/c1-36-19-12-14-21(15-13-19)38(34,35)31(25-11-5-3-9-23(25)28)18-26(32)30-24-10-4-2-8-22(24)27(33)29-17-20-7-6-16-37-20/h2-5,8-15,20H,6-7,16-18H2,1H3,(H,29,33)(H,30,32). The van der Waals surface area contributed by atoms with Gasteiger partial charge in [0.15, 0.2) is 0 Å². The molecular formula is C27H28FN3O6S. The summed E-state index contributed by atoms with van der Waals surface area (Å²) in [6.07, 6.45) is 1.73. The third kappa shape index (κ3) is 6.29. The number of rotatable bonds is 10. The van der Waals surface area contributed by atoms with Crippen molar-refractivity contribution >= 4 is 33.2 Å². The molecule has 0 bridgehead atoms. The molecule has 1 aliphatic rings. The number of nitrogens with one attached hydrogen (secondary N) is 2. The van der Waals surface area contributed by atoms with Gasteiger partial charge in [0.05, 0.1) is 35.0 Å². The van der Waals surface area contributed by atoms with Gasteiger partial charge in [0.2, 0.25) is 5.91 Å². The minimum Gasteiger partial charge on any atom is -0.497 e. The monoisotopic (exact) mass is 541 g/mol. The lowest BCUT2D eigenvalue weighted by Crippen LogP contribution is -2.39. The maximum absolute atomic E-state index is 14.7. The number of carbonyl (C=O) groups excluding carboxylic acids is 2. The van der Waals surface area contributed by atoms with Crippen LogP contribution in [0.2, 0.25) is 0 Å². The van der Waals surface area contributed by atoms with Crippen LogP contribution < -0.4 is 19.7 Å². The lowest BCUT2D eigenvalue weighted by molar-refractivity contribution is -0.114. The number of ether oxygens (including phenoxy) is 2. The fourth-order valence-electron chi connectivity index (χ4n) is 4.05. The van der Waals surface area contributed by atoms with Crippen molar-refractivity contribution in [2.45, 2.75) is 23.8 Å². The summed E-state index contributed by atoms with van der Waals surface area (Å²) < 4.78 is 53.1. The quantitative estimate of drug-likeness (QED) is 0.406. The first-order valence-electron chi connectivity index (χ1n) is 12.0. The van der Waals surface area contributed by atoms with E-state index in [4.69, 9.17) is 9.47 Å². The fourth-order valence-corrected chi connectivity index (χ4v) is 5.47. The Morgan fingerprint density at radius 2 is 1.76 bits per heavy atom. The van der Waals surface area contributed by atoms with Crippen molar-refractivity contribution in [2.75, 3.05) is 36.4 Å². The molecule has 0 aliphatic carbocycles. The Morgan fingerprint density at radius 3 is 2.45 bits per heavy atom. The number of halogens is 1. The minimum atomic E-state index is -4.35. The molecule has 0 saturated carbocycles. The number of carbonyl (C=O) groups is 2. The topological polar surface area (TPSA) is 114 Å². The van der Waals surface area contributed by atoms with Gasteiger partial charge in [-0.15, -0.1) is 0 Å². The smallest absolute Gasteiger partial charge is 0.264 e. The molecule has 1 unspecified atom stereocenters. The maximum atomic E-state index is 14.7. The van der Waals surface area contributed by atoms with Crippen LogP contribution >= 0.6 is 0 Å². The van der Waals surface area contributed by atoms with Gasteiger partial charge in [-0.3, -0.25) is 13.9 Å². The van der Waals surface area contributed by atoms with Gasteiger partial charge in [0.25, 0.3) is 15.9 Å². The Bertz CT molecular complexity index is 1390. The summed E-state index contributed by atoms with van der Waals surface area (Å²) in [6.45, 7) is 0.258. The Balaban J connectivity index is 1.56. The van der Waals surface area contributed by atoms with E-state index in [0.29, 0.717) is 23.2 Å². The Hall–Kier alpha value is -3.96. The number of benzene rings is 3. The number of para-hydroxylation sites is 2. The van der Waals surface area contributed by atoms with E-state index in [2.05, 4.69) is 10.6 Å². The van der Waals surface area contributed by atoms with E-state index in [1.807, 2.05) is 0 Å². The number of hydrogen-bond acceptors (Lipinski definition) is 6. The van der Waals surface area contributed by atoms with E-state index in [9.17, 15) is 22.4 Å². The van der Waals surface area contributed by atoms with Crippen molar-refractivity contribution in [2.24, 2.45) is 0 Å². The van der Waals surface area contributed by atoms with Crippen molar-refractivity contribution < 1.29 is 31.9 Å². The van der Waals surface area contributed by atoms with Crippen LogP contribution in [0.25, 0.3) is 0 Å². The number of hydrogen-bond donors (Lipinski definition) is 2. The van der Waals surface area contributed by atoms with Gasteiger partial charge < -0.3 is 20.1 Å². The summed E-state index contributed by atoms with van der Waals surface area (Å²) in [6, 6.07) is 17.2. The predicted molar refractivity (Wildman–Crippen MR) is 140 cm³/mol. The molecular weight excluding hydrogens is 513 g/mol. The molecule has 11 heteroatoms. The maximum Gasteiger partial charge on any atom is 0.264 e. The molecule has 0 aromatic heterocycles. The number of methoxy groups -OCH3 is 1. The van der Waals surface area contributed by atoms with Crippen LogP contribution in [0.15, 0.2) is 77.7 Å². The molecule has 1 atom stereocenters. The summed E-state index contributed by atoms with van der Waals surface area (Å²) in [5.41, 5.74) is 0.105. The van der Waals surface area contributed by atoms with Gasteiger partial charge in [-0.2, -0.15) is 0 Å². The summed E-state index contributed by atoms with van der Waals surface area (Å²) in [7, 11) is -2.91. The highest BCUT2D eigenvalue weighted by Crippen LogP contribution is 2.27. The first kappa shape index (κ1) is 27.1. The van der Waals surface area contributed by atoms with E-state index < -0.39 is 34.2 Å². The van der Waals surface area contributed by atoms with Gasteiger partial charge >= 0.3 is 0 Å². The number of nitrogens with zero attached hydrogens (tertiary/aromatic N) is 1. The molecule has 38 heavy (non-hydrogen) atoms. The highest BCUT2D eigenvalue weighted by atomic mass is 32.2. The minimum absolute atomic E-state index is 0.0572. The molecule has 3 aromatic carbocycles. The van der Waals surface area contributed by atoms with Gasteiger partial charge in [-0.1, -0.05) is 24.3 Å². The molecule has 1 saturated heterocycles. The van der Waals surface area contributed by atoms with Crippen molar-refractivity contribution in [1.29, 1.82) is 0 Å². The molecule has 1 aliphatic heterocycles. The second kappa shape index (κ2) is 12.1. The lowest BCUT2D eigenvalue weighted by atomic mass is 10.1. The van der Waals surface area contributed by atoms with Gasteiger partial charge in [0.1, 0.15) is 18.1 Å². The zero-order valence-electron chi connectivity index (χ0n) is 20.7. The van der Waals surface area contributed by atoms with Crippen LogP contribution in [0.4, 0.5) is 15.8 Å². The van der Waals surface area contributed by atoms with E-state index in [1.54, 1.807) is 18.2 Å². The average Bonchev–Trinajstić information content (AvgIpc) is 3.45. The SMILES string of the molecule is COc1ccc(S(=O)(=O)N(CC(=O)Nc2ccccc2C(=O)NCC2CCCO2)c2ccccc2F)cc1. The third-order valence-electron chi connectivity index (χ3n) is 6.02. The third-order valence-corrected chi connectivity index (χ3v) is 7.79.